The first-order valence-electron chi connectivity index (χ1n) is 11.7. The van der Waals surface area contributed by atoms with Crippen molar-refractivity contribution in [2.45, 2.75) is 130 Å². The first-order valence-corrected chi connectivity index (χ1v) is 12.2. The van der Waals surface area contributed by atoms with Crippen LogP contribution in [0.1, 0.15) is 130 Å². The van der Waals surface area contributed by atoms with E-state index in [9.17, 15) is 0 Å². The Kier molecular flexibility index (Phi) is 20.2. The highest BCUT2D eigenvalue weighted by Gasteiger charge is 2.08. The monoisotopic (exact) mass is 388 g/mol. The number of rotatable bonds is 20. The molecule has 0 unspecified atom stereocenters. The van der Waals surface area contributed by atoms with Crippen LogP contribution in [0.3, 0.4) is 0 Å². The van der Waals surface area contributed by atoms with Gasteiger partial charge in [0.05, 0.1) is 0 Å². The highest BCUT2D eigenvalue weighted by atomic mass is 35.5. The third-order valence-electron chi connectivity index (χ3n) is 5.14. The molecule has 0 aromatic rings. The molecule has 0 saturated heterocycles. The lowest BCUT2D eigenvalue weighted by molar-refractivity contribution is 0.118. The molecule has 1 nitrogen and oxygen atoms in total. The summed E-state index contributed by atoms with van der Waals surface area (Å²) in [6.45, 7) is 8.83. The van der Waals surface area contributed by atoms with Crippen LogP contribution >= 0.6 is 11.6 Å². The highest BCUT2D eigenvalue weighted by Crippen LogP contribution is 2.20. The van der Waals surface area contributed by atoms with E-state index in [1.54, 1.807) is 0 Å². The molecule has 0 aliphatic carbocycles. The Morgan fingerprint density at radius 2 is 0.846 bits per heavy atom. The SMILES string of the molecule is CC(C)(C)CCCOCCCCCCCCCCCCCCCCCCl. The average molecular weight is 389 g/mol. The van der Waals surface area contributed by atoms with Gasteiger partial charge < -0.3 is 4.74 Å². The molecular formula is C24H49ClO. The standard InChI is InChI=1S/C24H49ClO/c1-24(2,3)20-19-23-26-22-18-16-14-12-10-8-6-4-5-7-9-11-13-15-17-21-25/h4-23H2,1-3H3. The molecule has 0 aliphatic heterocycles. The van der Waals surface area contributed by atoms with E-state index in [-0.39, 0.29) is 0 Å². The van der Waals surface area contributed by atoms with Crippen LogP contribution in [0.4, 0.5) is 0 Å². The molecule has 0 aromatic heterocycles. The van der Waals surface area contributed by atoms with Gasteiger partial charge in [0.2, 0.25) is 0 Å². The fourth-order valence-corrected chi connectivity index (χ4v) is 3.59. The molecule has 0 N–H and O–H groups in total. The number of halogens is 1. The third kappa shape index (κ3) is 24.2. The highest BCUT2D eigenvalue weighted by molar-refractivity contribution is 6.17. The largest absolute Gasteiger partial charge is 0.381 e. The van der Waals surface area contributed by atoms with E-state index in [4.69, 9.17) is 16.3 Å². The predicted molar refractivity (Wildman–Crippen MR) is 119 cm³/mol. The van der Waals surface area contributed by atoms with Crippen molar-refractivity contribution < 1.29 is 4.74 Å². The molecule has 0 bridgehead atoms. The summed E-state index contributed by atoms with van der Waals surface area (Å²) in [5.41, 5.74) is 0.452. The van der Waals surface area contributed by atoms with Crippen molar-refractivity contribution in [3.8, 4) is 0 Å². The van der Waals surface area contributed by atoms with Crippen LogP contribution in [0, 0.1) is 5.41 Å². The van der Waals surface area contributed by atoms with Gasteiger partial charge in [-0.05, 0) is 31.1 Å². The van der Waals surface area contributed by atoms with E-state index in [1.807, 2.05) is 0 Å². The Labute approximate surface area is 171 Å². The van der Waals surface area contributed by atoms with Crippen molar-refractivity contribution in [3.63, 3.8) is 0 Å². The van der Waals surface area contributed by atoms with Gasteiger partial charge in [0, 0.05) is 19.1 Å². The lowest BCUT2D eigenvalue weighted by atomic mass is 9.91. The Morgan fingerprint density at radius 3 is 1.23 bits per heavy atom. The fourth-order valence-electron chi connectivity index (χ4n) is 3.40. The van der Waals surface area contributed by atoms with Crippen molar-refractivity contribution >= 4 is 11.6 Å². The summed E-state index contributed by atoms with van der Waals surface area (Å²) < 4.78 is 5.74. The molecule has 0 amide bonds. The molecule has 0 aromatic carbocycles. The zero-order valence-electron chi connectivity index (χ0n) is 18.4. The van der Waals surface area contributed by atoms with Crippen LogP contribution in [-0.4, -0.2) is 19.1 Å². The molecule has 26 heavy (non-hydrogen) atoms. The van der Waals surface area contributed by atoms with E-state index in [0.717, 1.165) is 19.1 Å². The number of alkyl halides is 1. The second-order valence-corrected chi connectivity index (χ2v) is 9.65. The molecule has 158 valence electrons. The maximum atomic E-state index is 5.74. The van der Waals surface area contributed by atoms with Crippen LogP contribution in [0.5, 0.6) is 0 Å². The van der Waals surface area contributed by atoms with Crippen molar-refractivity contribution in [3.05, 3.63) is 0 Å². The van der Waals surface area contributed by atoms with Gasteiger partial charge >= 0.3 is 0 Å². The summed E-state index contributed by atoms with van der Waals surface area (Å²) in [4.78, 5) is 0. The van der Waals surface area contributed by atoms with E-state index in [0.29, 0.717) is 5.41 Å². The van der Waals surface area contributed by atoms with E-state index >= 15 is 0 Å². The van der Waals surface area contributed by atoms with Crippen molar-refractivity contribution in [2.24, 2.45) is 5.41 Å². The Bertz CT molecular complexity index is 259. The van der Waals surface area contributed by atoms with Crippen LogP contribution in [0.25, 0.3) is 0 Å². The zero-order valence-corrected chi connectivity index (χ0v) is 19.2. The van der Waals surface area contributed by atoms with Gasteiger partial charge in [0.15, 0.2) is 0 Å². The lowest BCUT2D eigenvalue weighted by Gasteiger charge is -2.17. The first kappa shape index (κ1) is 26.2. The number of hydrogen-bond donors (Lipinski definition) is 0. The molecule has 0 heterocycles. The van der Waals surface area contributed by atoms with Crippen LogP contribution in [-0.2, 0) is 4.74 Å². The van der Waals surface area contributed by atoms with Crippen molar-refractivity contribution in [1.29, 1.82) is 0 Å². The lowest BCUT2D eigenvalue weighted by Crippen LogP contribution is -2.07. The summed E-state index contributed by atoms with van der Waals surface area (Å²) >= 11 is 5.69. The molecule has 0 rings (SSSR count). The van der Waals surface area contributed by atoms with Gasteiger partial charge in [-0.3, -0.25) is 0 Å². The normalized spacial score (nSPS) is 12.0. The minimum Gasteiger partial charge on any atom is -0.381 e. The zero-order chi connectivity index (χ0) is 19.3. The molecule has 2 heteroatoms. The summed E-state index contributed by atoms with van der Waals surface area (Å²) in [5, 5.41) is 0. The van der Waals surface area contributed by atoms with E-state index in [1.165, 1.54) is 109 Å². The van der Waals surface area contributed by atoms with Crippen LogP contribution in [0.15, 0.2) is 0 Å². The summed E-state index contributed by atoms with van der Waals surface area (Å²) in [6.07, 6.45) is 23.3. The summed E-state index contributed by atoms with van der Waals surface area (Å²) in [6, 6.07) is 0. The van der Waals surface area contributed by atoms with Crippen molar-refractivity contribution in [2.75, 3.05) is 19.1 Å². The van der Waals surface area contributed by atoms with Crippen LogP contribution < -0.4 is 0 Å². The smallest absolute Gasteiger partial charge is 0.0466 e. The maximum absolute atomic E-state index is 5.74. The van der Waals surface area contributed by atoms with Crippen molar-refractivity contribution in [1.82, 2.24) is 0 Å². The summed E-state index contributed by atoms with van der Waals surface area (Å²) in [5.74, 6) is 0.839. The van der Waals surface area contributed by atoms with E-state index in [2.05, 4.69) is 20.8 Å². The fraction of sp³-hybridized carbons (Fsp3) is 1.00. The third-order valence-corrected chi connectivity index (χ3v) is 5.41. The Morgan fingerprint density at radius 1 is 0.500 bits per heavy atom. The second-order valence-electron chi connectivity index (χ2n) is 9.27. The minimum atomic E-state index is 0.452. The quantitative estimate of drug-likeness (QED) is 0.149. The average Bonchev–Trinajstić information content (AvgIpc) is 2.59. The topological polar surface area (TPSA) is 9.23 Å². The molecule has 0 aliphatic rings. The second kappa shape index (κ2) is 20.0. The first-order chi connectivity index (χ1) is 12.6. The van der Waals surface area contributed by atoms with Gasteiger partial charge in [-0.25, -0.2) is 0 Å². The minimum absolute atomic E-state index is 0.452. The number of ether oxygens (including phenoxy) is 1. The predicted octanol–water partition coefficient (Wildman–Crippen LogP) is 8.92. The van der Waals surface area contributed by atoms with Crippen LogP contribution in [0.2, 0.25) is 0 Å². The van der Waals surface area contributed by atoms with Gasteiger partial charge in [0.25, 0.3) is 0 Å². The van der Waals surface area contributed by atoms with E-state index < -0.39 is 0 Å². The number of unbranched alkanes of at least 4 members (excludes halogenated alkanes) is 14. The number of hydrogen-bond acceptors (Lipinski definition) is 1. The Balaban J connectivity index is 3.01. The molecule has 0 fully saturated rings. The van der Waals surface area contributed by atoms with Gasteiger partial charge in [-0.15, -0.1) is 11.6 Å². The van der Waals surface area contributed by atoms with Gasteiger partial charge in [-0.2, -0.15) is 0 Å². The van der Waals surface area contributed by atoms with Gasteiger partial charge in [-0.1, -0.05) is 104 Å². The summed E-state index contributed by atoms with van der Waals surface area (Å²) in [7, 11) is 0. The van der Waals surface area contributed by atoms with Gasteiger partial charge in [0.1, 0.15) is 0 Å². The molecular weight excluding hydrogens is 340 g/mol. The molecule has 0 saturated carbocycles. The molecule has 0 atom stereocenters. The maximum Gasteiger partial charge on any atom is 0.0466 e. The molecule has 0 radical (unpaired) electrons. The molecule has 0 spiro atoms. The Hall–Kier alpha value is 0.250.